The topological polar surface area (TPSA) is 66.0 Å². The molecule has 0 heterocycles. The van der Waals surface area contributed by atoms with Crippen molar-refractivity contribution in [2.75, 3.05) is 26.6 Å². The van der Waals surface area contributed by atoms with Crippen LogP contribution >= 0.6 is 0 Å². The van der Waals surface area contributed by atoms with E-state index in [1.54, 1.807) is 24.3 Å². The second-order valence-corrected chi connectivity index (χ2v) is 5.15. The number of anilines is 1. The van der Waals surface area contributed by atoms with Crippen LogP contribution in [0.3, 0.4) is 0 Å². The van der Waals surface area contributed by atoms with Gasteiger partial charge in [0.1, 0.15) is 11.5 Å². The van der Waals surface area contributed by atoms with Crippen LogP contribution in [0.1, 0.15) is 5.56 Å². The molecule has 0 unspecified atom stereocenters. The number of methoxy groups -OCH3 is 3. The Morgan fingerprint density at radius 3 is 2.41 bits per heavy atom. The van der Waals surface area contributed by atoms with Crippen LogP contribution in [0.4, 0.5) is 14.5 Å². The predicted octanol–water partition coefficient (Wildman–Crippen LogP) is 3.97. The van der Waals surface area contributed by atoms with Gasteiger partial charge in [0.2, 0.25) is 5.91 Å². The van der Waals surface area contributed by atoms with E-state index in [1.807, 2.05) is 0 Å². The first-order valence-corrected chi connectivity index (χ1v) is 7.81. The number of nitrogens with one attached hydrogen (secondary N) is 1. The Labute approximate surface area is 155 Å². The quantitative estimate of drug-likeness (QED) is 0.703. The Morgan fingerprint density at radius 1 is 1.04 bits per heavy atom. The number of hydrogen-bond acceptors (Lipinski definition) is 5. The van der Waals surface area contributed by atoms with Crippen LogP contribution in [0.25, 0.3) is 6.08 Å². The van der Waals surface area contributed by atoms with Crippen molar-refractivity contribution in [3.63, 3.8) is 0 Å². The van der Waals surface area contributed by atoms with E-state index in [1.165, 1.54) is 45.6 Å². The number of carbonyl (C=O) groups excluding carboxylic acids is 1. The maximum absolute atomic E-state index is 12.6. The van der Waals surface area contributed by atoms with E-state index in [0.29, 0.717) is 17.2 Å². The van der Waals surface area contributed by atoms with Crippen LogP contribution in [-0.2, 0) is 4.79 Å². The summed E-state index contributed by atoms with van der Waals surface area (Å²) in [4.78, 5) is 12.2. The summed E-state index contributed by atoms with van der Waals surface area (Å²) >= 11 is 0. The maximum atomic E-state index is 12.6. The number of hydrogen-bond donors (Lipinski definition) is 1. The van der Waals surface area contributed by atoms with Crippen LogP contribution in [0.5, 0.6) is 23.0 Å². The van der Waals surface area contributed by atoms with E-state index in [2.05, 4.69) is 10.1 Å². The third-order valence-electron chi connectivity index (χ3n) is 3.52. The molecule has 2 rings (SSSR count). The minimum absolute atomic E-state index is 0.134. The SMILES string of the molecule is COc1ccc(NC(=O)/C=C/c2cccc(OC)c2OC(F)F)c(OC)c1. The van der Waals surface area contributed by atoms with Crippen LogP contribution in [0, 0.1) is 0 Å². The third kappa shape index (κ3) is 5.34. The second kappa shape index (κ2) is 9.42. The Hall–Kier alpha value is -3.29. The summed E-state index contributed by atoms with van der Waals surface area (Å²) in [7, 11) is 4.32. The average molecular weight is 379 g/mol. The molecule has 1 amide bonds. The van der Waals surface area contributed by atoms with Gasteiger partial charge in [-0.05, 0) is 24.3 Å². The molecule has 0 saturated heterocycles. The number of para-hydroxylation sites is 1. The Balaban J connectivity index is 2.20. The van der Waals surface area contributed by atoms with Gasteiger partial charge in [-0.25, -0.2) is 0 Å². The molecule has 1 N–H and O–H groups in total. The molecule has 0 saturated carbocycles. The van der Waals surface area contributed by atoms with E-state index in [4.69, 9.17) is 14.2 Å². The number of carbonyl (C=O) groups is 1. The molecule has 0 atom stereocenters. The Morgan fingerprint density at radius 2 is 1.78 bits per heavy atom. The number of amides is 1. The van der Waals surface area contributed by atoms with Gasteiger partial charge in [0.15, 0.2) is 11.5 Å². The summed E-state index contributed by atoms with van der Waals surface area (Å²) in [6, 6.07) is 9.52. The summed E-state index contributed by atoms with van der Waals surface area (Å²) in [6.45, 7) is -3.02. The number of halogens is 2. The zero-order chi connectivity index (χ0) is 19.8. The van der Waals surface area contributed by atoms with Gasteiger partial charge in [-0.1, -0.05) is 12.1 Å². The van der Waals surface area contributed by atoms with Crippen molar-refractivity contribution in [3.05, 3.63) is 48.0 Å². The highest BCUT2D eigenvalue weighted by atomic mass is 19.3. The van der Waals surface area contributed by atoms with Crippen molar-refractivity contribution in [2.45, 2.75) is 6.61 Å². The molecular weight excluding hydrogens is 360 g/mol. The molecule has 2 aromatic carbocycles. The molecule has 0 aromatic heterocycles. The fourth-order valence-electron chi connectivity index (χ4n) is 2.28. The highest BCUT2D eigenvalue weighted by Crippen LogP contribution is 2.33. The summed E-state index contributed by atoms with van der Waals surface area (Å²) in [6.07, 6.45) is 2.54. The molecule has 0 bridgehead atoms. The molecule has 0 fully saturated rings. The first-order valence-electron chi connectivity index (χ1n) is 7.81. The van der Waals surface area contributed by atoms with Crippen LogP contribution in [0.15, 0.2) is 42.5 Å². The van der Waals surface area contributed by atoms with Gasteiger partial charge >= 0.3 is 6.61 Å². The summed E-state index contributed by atoms with van der Waals surface area (Å²) in [5.41, 5.74) is 0.703. The van der Waals surface area contributed by atoms with Crippen LogP contribution in [0.2, 0.25) is 0 Å². The third-order valence-corrected chi connectivity index (χ3v) is 3.52. The van der Waals surface area contributed by atoms with Gasteiger partial charge < -0.3 is 24.3 Å². The summed E-state index contributed by atoms with van der Waals surface area (Å²) in [5.74, 6) is 0.491. The molecule has 0 aliphatic carbocycles. The molecular formula is C19H19F2NO5. The monoisotopic (exact) mass is 379 g/mol. The van der Waals surface area contributed by atoms with E-state index in [0.717, 1.165) is 0 Å². The van der Waals surface area contributed by atoms with Crippen molar-refractivity contribution >= 4 is 17.7 Å². The van der Waals surface area contributed by atoms with Gasteiger partial charge in [0, 0.05) is 17.7 Å². The van der Waals surface area contributed by atoms with E-state index < -0.39 is 12.5 Å². The second-order valence-electron chi connectivity index (χ2n) is 5.15. The maximum Gasteiger partial charge on any atom is 0.387 e. The fourth-order valence-corrected chi connectivity index (χ4v) is 2.28. The van der Waals surface area contributed by atoms with Crippen molar-refractivity contribution < 1.29 is 32.5 Å². The van der Waals surface area contributed by atoms with Crippen molar-refractivity contribution in [3.8, 4) is 23.0 Å². The first-order chi connectivity index (χ1) is 13.0. The lowest BCUT2D eigenvalue weighted by molar-refractivity contribution is -0.111. The summed E-state index contributed by atoms with van der Waals surface area (Å²) in [5, 5.41) is 2.65. The normalized spacial score (nSPS) is 10.7. The molecule has 0 aliphatic heterocycles. The molecule has 27 heavy (non-hydrogen) atoms. The van der Waals surface area contributed by atoms with E-state index >= 15 is 0 Å². The highest BCUT2D eigenvalue weighted by Gasteiger charge is 2.14. The Bertz CT molecular complexity index is 824. The zero-order valence-corrected chi connectivity index (χ0v) is 15.0. The standard InChI is InChI=1S/C19H19F2NO5/c1-24-13-8-9-14(16(11-13)26-3)22-17(23)10-7-12-5-4-6-15(25-2)18(12)27-19(20)21/h4-11,19H,1-3H3,(H,22,23)/b10-7+. The van der Waals surface area contributed by atoms with Gasteiger partial charge in [-0.3, -0.25) is 4.79 Å². The zero-order valence-electron chi connectivity index (χ0n) is 15.0. The lowest BCUT2D eigenvalue weighted by Crippen LogP contribution is -2.09. The fraction of sp³-hybridized carbons (Fsp3) is 0.211. The summed E-state index contributed by atoms with van der Waals surface area (Å²) < 4.78 is 45.1. The van der Waals surface area contributed by atoms with Crippen molar-refractivity contribution in [2.24, 2.45) is 0 Å². The number of alkyl halides is 2. The molecule has 6 nitrogen and oxygen atoms in total. The molecule has 8 heteroatoms. The molecule has 2 aromatic rings. The van der Waals surface area contributed by atoms with Gasteiger partial charge in [-0.2, -0.15) is 8.78 Å². The molecule has 0 aliphatic rings. The van der Waals surface area contributed by atoms with Crippen LogP contribution in [-0.4, -0.2) is 33.8 Å². The lowest BCUT2D eigenvalue weighted by Gasteiger charge is -2.12. The predicted molar refractivity (Wildman–Crippen MR) is 96.8 cm³/mol. The number of rotatable bonds is 8. The Kier molecular flexibility index (Phi) is 6.99. The minimum atomic E-state index is -3.02. The van der Waals surface area contributed by atoms with Gasteiger partial charge in [0.25, 0.3) is 0 Å². The van der Waals surface area contributed by atoms with Gasteiger partial charge in [-0.15, -0.1) is 0 Å². The van der Waals surface area contributed by atoms with Gasteiger partial charge in [0.05, 0.1) is 27.0 Å². The number of benzene rings is 2. The minimum Gasteiger partial charge on any atom is -0.497 e. The smallest absolute Gasteiger partial charge is 0.387 e. The van der Waals surface area contributed by atoms with Crippen molar-refractivity contribution in [1.82, 2.24) is 0 Å². The molecule has 0 radical (unpaired) electrons. The highest BCUT2D eigenvalue weighted by molar-refractivity contribution is 6.03. The average Bonchev–Trinajstić information content (AvgIpc) is 2.66. The van der Waals surface area contributed by atoms with E-state index in [-0.39, 0.29) is 17.1 Å². The first kappa shape index (κ1) is 20.0. The van der Waals surface area contributed by atoms with Crippen LogP contribution < -0.4 is 24.3 Å². The largest absolute Gasteiger partial charge is 0.497 e. The molecule has 0 spiro atoms. The molecule has 144 valence electrons. The number of ether oxygens (including phenoxy) is 4. The lowest BCUT2D eigenvalue weighted by atomic mass is 10.1. The van der Waals surface area contributed by atoms with Crippen molar-refractivity contribution in [1.29, 1.82) is 0 Å². The van der Waals surface area contributed by atoms with E-state index in [9.17, 15) is 13.6 Å².